The van der Waals surface area contributed by atoms with Crippen LogP contribution in [0.15, 0.2) is 107 Å². The number of carbonyl (C=O) groups is 1. The van der Waals surface area contributed by atoms with Crippen molar-refractivity contribution in [2.75, 3.05) is 14.1 Å². The Morgan fingerprint density at radius 3 is 2.24 bits per heavy atom. The van der Waals surface area contributed by atoms with Crippen molar-refractivity contribution < 1.29 is 26.4 Å². The molecule has 5 rings (SSSR count). The van der Waals surface area contributed by atoms with Crippen LogP contribution in [-0.2, 0) is 33.0 Å². The van der Waals surface area contributed by atoms with Crippen LogP contribution in [0.1, 0.15) is 31.2 Å². The smallest absolute Gasteiger partial charge is 0.409 e. The van der Waals surface area contributed by atoms with E-state index in [1.54, 1.807) is 60.7 Å². The summed E-state index contributed by atoms with van der Waals surface area (Å²) in [5, 5.41) is 0. The molecule has 1 aromatic heterocycles. The van der Waals surface area contributed by atoms with E-state index in [0.29, 0.717) is 17.6 Å². The molecule has 1 amide bonds. The second-order valence-corrected chi connectivity index (χ2v) is 14.5. The third-order valence-electron chi connectivity index (χ3n) is 7.30. The van der Waals surface area contributed by atoms with E-state index in [1.165, 1.54) is 30.5 Å². The molecule has 0 unspecified atom stereocenters. The normalized spacial score (nSPS) is 12.0. The number of aryl methyl sites for hydroxylation is 1. The Balaban J connectivity index is 1.38. The molecule has 45 heavy (non-hydrogen) atoms. The van der Waals surface area contributed by atoms with Gasteiger partial charge in [-0.15, -0.1) is 0 Å². The molecule has 234 valence electrons. The topological polar surface area (TPSA) is 128 Å². The van der Waals surface area contributed by atoms with E-state index in [-0.39, 0.29) is 15.5 Å². The van der Waals surface area contributed by atoms with Gasteiger partial charge in [-0.2, -0.15) is 0 Å². The molecule has 12 heteroatoms. The summed E-state index contributed by atoms with van der Waals surface area (Å²) in [5.41, 5.74) is 3.85. The average Bonchev–Trinajstić information content (AvgIpc) is 3.37. The molecular weight excluding hydrogens is 613 g/mol. The van der Waals surface area contributed by atoms with Crippen LogP contribution in [0.5, 0.6) is 5.75 Å². The van der Waals surface area contributed by atoms with Crippen molar-refractivity contribution in [2.45, 2.75) is 42.5 Å². The van der Waals surface area contributed by atoms with Gasteiger partial charge in [0.25, 0.3) is 10.0 Å². The first-order chi connectivity index (χ1) is 21.5. The molecule has 4 aromatic carbocycles. The first kappa shape index (κ1) is 31.9. The predicted octanol–water partition coefficient (Wildman–Crippen LogP) is 5.82. The highest BCUT2D eigenvalue weighted by Gasteiger charge is 2.21. The molecule has 0 aliphatic rings. The minimum atomic E-state index is -4.09. The maximum absolute atomic E-state index is 12.7. The van der Waals surface area contributed by atoms with Crippen LogP contribution in [0.3, 0.4) is 0 Å². The summed E-state index contributed by atoms with van der Waals surface area (Å²) < 4.78 is 61.2. The number of para-hydroxylation sites is 1. The first-order valence-corrected chi connectivity index (χ1v) is 17.3. The van der Waals surface area contributed by atoms with Crippen molar-refractivity contribution in [3.63, 3.8) is 0 Å². The third kappa shape index (κ3) is 7.08. The highest BCUT2D eigenvalue weighted by atomic mass is 32.2. The summed E-state index contributed by atoms with van der Waals surface area (Å²) in [6.45, 7) is 2.63. The maximum Gasteiger partial charge on any atom is 0.426 e. The number of benzene rings is 4. The van der Waals surface area contributed by atoms with Crippen LogP contribution in [-0.4, -0.2) is 50.9 Å². The van der Waals surface area contributed by atoms with Gasteiger partial charge >= 0.3 is 6.09 Å². The fourth-order valence-corrected chi connectivity index (χ4v) is 6.70. The molecular formula is C33H34N4O6S2. The summed E-state index contributed by atoms with van der Waals surface area (Å²) in [5.74, 6) is 1.09. The van der Waals surface area contributed by atoms with Gasteiger partial charge in [0, 0.05) is 32.6 Å². The van der Waals surface area contributed by atoms with Crippen LogP contribution in [0.25, 0.3) is 22.2 Å². The zero-order valence-corrected chi connectivity index (χ0v) is 26.8. The number of sulfonamides is 2. The van der Waals surface area contributed by atoms with Crippen LogP contribution >= 0.6 is 0 Å². The van der Waals surface area contributed by atoms with Gasteiger partial charge < -0.3 is 9.30 Å². The molecule has 10 nitrogen and oxygen atoms in total. The number of nitrogens with zero attached hydrogens (tertiary/aromatic N) is 3. The lowest BCUT2D eigenvalue weighted by atomic mass is 10.0. The Labute approximate surface area is 263 Å². The van der Waals surface area contributed by atoms with Crippen molar-refractivity contribution in [3.8, 4) is 16.9 Å². The van der Waals surface area contributed by atoms with Gasteiger partial charge in [-0.3, -0.25) is 0 Å². The lowest BCUT2D eigenvalue weighted by Crippen LogP contribution is -2.33. The van der Waals surface area contributed by atoms with Crippen LogP contribution in [0.4, 0.5) is 4.79 Å². The van der Waals surface area contributed by atoms with Crippen LogP contribution in [0.2, 0.25) is 0 Å². The minimum absolute atomic E-state index is 0.0478. The standard InChI is InChI=1S/C33H34N4O6S2/c1-4-5-15-32-34-29-22-27(45(41,42)36(2)3)20-21-30(29)37(32)23-24-16-18-25(19-17-24)28-13-9-10-14-31(28)43-33(38)35-44(39,40)26-11-7-6-8-12-26/h6-14,16-22H,4-5,15,23H2,1-3H3,(H,35,38). The highest BCUT2D eigenvalue weighted by molar-refractivity contribution is 7.90. The number of unbranched alkanes of at least 4 members (excludes halogenated alkanes) is 1. The van der Waals surface area contributed by atoms with Crippen LogP contribution in [0, 0.1) is 0 Å². The molecule has 5 aromatic rings. The molecule has 0 saturated heterocycles. The SMILES string of the molecule is CCCCc1nc2cc(S(=O)(=O)N(C)C)ccc2n1Cc1ccc(-c2ccccc2OC(=O)NS(=O)(=O)c2ccccc2)cc1. The number of hydrogen-bond donors (Lipinski definition) is 1. The van der Waals surface area contributed by atoms with Crippen molar-refractivity contribution in [2.24, 2.45) is 0 Å². The lowest BCUT2D eigenvalue weighted by molar-refractivity contribution is 0.207. The van der Waals surface area contributed by atoms with Gasteiger partial charge in [-0.25, -0.2) is 35.6 Å². The number of carbonyl (C=O) groups excluding carboxylic acids is 1. The summed E-state index contributed by atoms with van der Waals surface area (Å²) >= 11 is 0. The number of hydrogen-bond acceptors (Lipinski definition) is 7. The Morgan fingerprint density at radius 2 is 1.56 bits per heavy atom. The van der Waals surface area contributed by atoms with Gasteiger partial charge in [0.15, 0.2) is 0 Å². The first-order valence-electron chi connectivity index (χ1n) is 14.4. The van der Waals surface area contributed by atoms with Crippen LogP contribution < -0.4 is 9.46 Å². The highest BCUT2D eigenvalue weighted by Crippen LogP contribution is 2.31. The monoisotopic (exact) mass is 646 g/mol. The van der Waals surface area contributed by atoms with Crippen molar-refractivity contribution in [3.05, 3.63) is 108 Å². The molecule has 0 bridgehead atoms. The fourth-order valence-electron chi connectivity index (χ4n) is 4.89. The van der Waals surface area contributed by atoms with Gasteiger partial charge in [0.2, 0.25) is 10.0 Å². The average molecular weight is 647 g/mol. The van der Waals surface area contributed by atoms with E-state index in [1.807, 2.05) is 29.0 Å². The largest absolute Gasteiger partial charge is 0.426 e. The summed E-state index contributed by atoms with van der Waals surface area (Å²) in [6.07, 6.45) is 1.58. The summed E-state index contributed by atoms with van der Waals surface area (Å²) in [6, 6.07) is 27.2. The number of fused-ring (bicyclic) bond motifs is 1. The maximum atomic E-state index is 12.7. The van der Waals surface area contributed by atoms with E-state index < -0.39 is 26.1 Å². The van der Waals surface area contributed by atoms with E-state index in [2.05, 4.69) is 11.5 Å². The molecule has 1 N–H and O–H groups in total. The molecule has 0 aliphatic carbocycles. The summed E-state index contributed by atoms with van der Waals surface area (Å²) in [4.78, 5) is 17.5. The Bertz CT molecular complexity index is 2040. The number of ether oxygens (including phenoxy) is 1. The Kier molecular flexibility index (Phi) is 9.37. The molecule has 0 fully saturated rings. The van der Waals surface area contributed by atoms with Gasteiger partial charge in [0.05, 0.1) is 20.8 Å². The number of rotatable bonds is 11. The second kappa shape index (κ2) is 13.2. The minimum Gasteiger partial charge on any atom is -0.409 e. The van der Waals surface area contributed by atoms with Gasteiger partial charge in [-0.1, -0.05) is 74.0 Å². The molecule has 0 spiro atoms. The van der Waals surface area contributed by atoms with Crippen molar-refractivity contribution >= 4 is 37.2 Å². The summed E-state index contributed by atoms with van der Waals surface area (Å²) in [7, 11) is -4.68. The second-order valence-electron chi connectivity index (χ2n) is 10.7. The molecule has 0 atom stereocenters. The molecule has 0 aliphatic heterocycles. The predicted molar refractivity (Wildman–Crippen MR) is 173 cm³/mol. The van der Waals surface area contributed by atoms with Gasteiger partial charge in [-0.05, 0) is 53.9 Å². The fraction of sp³-hybridized carbons (Fsp3) is 0.212. The van der Waals surface area contributed by atoms with E-state index in [9.17, 15) is 21.6 Å². The lowest BCUT2D eigenvalue weighted by Gasteiger charge is -2.13. The molecule has 0 radical (unpaired) electrons. The van der Waals surface area contributed by atoms with E-state index >= 15 is 0 Å². The Hall–Kier alpha value is -4.52. The quantitative estimate of drug-likeness (QED) is 0.192. The van der Waals surface area contributed by atoms with Crippen molar-refractivity contribution in [1.82, 2.24) is 18.6 Å². The Morgan fingerprint density at radius 1 is 0.867 bits per heavy atom. The number of aromatic nitrogens is 2. The third-order valence-corrected chi connectivity index (χ3v) is 10.4. The van der Waals surface area contributed by atoms with E-state index in [4.69, 9.17) is 9.72 Å². The number of imidazole rings is 1. The van der Waals surface area contributed by atoms with Gasteiger partial charge in [0.1, 0.15) is 11.6 Å². The number of amides is 1. The number of nitrogens with one attached hydrogen (secondary N) is 1. The zero-order chi connectivity index (χ0) is 32.2. The van der Waals surface area contributed by atoms with E-state index in [0.717, 1.165) is 41.7 Å². The molecule has 1 heterocycles. The zero-order valence-electron chi connectivity index (χ0n) is 25.2. The van der Waals surface area contributed by atoms with Crippen molar-refractivity contribution in [1.29, 1.82) is 0 Å². The molecule has 0 saturated carbocycles.